The molecule has 1 aromatic carbocycles. The first-order chi connectivity index (χ1) is 11.6. The minimum absolute atomic E-state index is 0.275. The Labute approximate surface area is 142 Å². The summed E-state index contributed by atoms with van der Waals surface area (Å²) >= 11 is 0. The van der Waals surface area contributed by atoms with Crippen LogP contribution in [-0.4, -0.2) is 20.3 Å². The first-order valence-corrected chi connectivity index (χ1v) is 7.63. The van der Waals surface area contributed by atoms with Gasteiger partial charge < -0.3 is 9.88 Å². The molecule has 0 saturated carbocycles. The number of nitrogens with one attached hydrogen (secondary N) is 1. The van der Waals surface area contributed by atoms with Gasteiger partial charge in [0.15, 0.2) is 5.69 Å². The number of anilines is 1. The molecule has 3 rings (SSSR count). The number of fused-ring (bicyclic) bond motifs is 1. The summed E-state index contributed by atoms with van der Waals surface area (Å²) in [6, 6.07) is 8.40. The van der Waals surface area contributed by atoms with Gasteiger partial charge in [-0.25, -0.2) is 0 Å². The highest BCUT2D eigenvalue weighted by Crippen LogP contribution is 2.28. The number of amides is 1. The van der Waals surface area contributed by atoms with Gasteiger partial charge in [0.1, 0.15) is 6.54 Å². The topological polar surface area (TPSA) is 51.9 Å². The molecule has 2 aromatic heterocycles. The number of nitrogens with zero attached hydrogens (tertiary/aromatic N) is 3. The average Bonchev–Trinajstić information content (AvgIpc) is 3.00. The molecule has 3 aromatic rings. The van der Waals surface area contributed by atoms with E-state index in [9.17, 15) is 18.0 Å². The van der Waals surface area contributed by atoms with Gasteiger partial charge in [-0.05, 0) is 44.2 Å². The fourth-order valence-electron chi connectivity index (χ4n) is 2.71. The van der Waals surface area contributed by atoms with Gasteiger partial charge in [0.05, 0.1) is 0 Å². The van der Waals surface area contributed by atoms with Crippen molar-refractivity contribution in [2.45, 2.75) is 26.6 Å². The Hall–Kier alpha value is -2.77. The summed E-state index contributed by atoms with van der Waals surface area (Å²) in [4.78, 5) is 12.1. The lowest BCUT2D eigenvalue weighted by Gasteiger charge is -2.08. The van der Waals surface area contributed by atoms with Crippen molar-refractivity contribution in [1.82, 2.24) is 14.3 Å². The van der Waals surface area contributed by atoms with E-state index in [0.29, 0.717) is 5.69 Å². The molecular weight excluding hydrogens is 333 g/mol. The van der Waals surface area contributed by atoms with Gasteiger partial charge in [0.2, 0.25) is 5.91 Å². The maximum Gasteiger partial charge on any atom is 0.435 e. The summed E-state index contributed by atoms with van der Waals surface area (Å²) in [5, 5.41) is 7.13. The molecule has 0 unspecified atom stereocenters. The molecule has 132 valence electrons. The van der Waals surface area contributed by atoms with E-state index in [1.165, 1.54) is 6.92 Å². The second-order valence-corrected chi connectivity index (χ2v) is 5.99. The van der Waals surface area contributed by atoms with Crippen LogP contribution in [0.1, 0.15) is 17.1 Å². The van der Waals surface area contributed by atoms with Crippen LogP contribution in [0.5, 0.6) is 0 Å². The fraction of sp³-hybridized carbons (Fsp3) is 0.294. The predicted octanol–water partition coefficient (Wildman–Crippen LogP) is 3.65. The van der Waals surface area contributed by atoms with Gasteiger partial charge in [0.25, 0.3) is 0 Å². The van der Waals surface area contributed by atoms with Crippen LogP contribution in [0.3, 0.4) is 0 Å². The summed E-state index contributed by atoms with van der Waals surface area (Å²) in [5.41, 5.74) is 1.98. The average molecular weight is 350 g/mol. The van der Waals surface area contributed by atoms with E-state index in [0.717, 1.165) is 27.3 Å². The second kappa shape index (κ2) is 5.94. The standard InChI is InChI=1S/C17H17F3N4O/c1-10-6-12-8-13(4-5-14(12)23(10)3)21-16(25)9-24-11(2)7-15(22-24)17(18,19)20/h4-8H,9H2,1-3H3,(H,21,25). The molecule has 0 bridgehead atoms. The molecule has 25 heavy (non-hydrogen) atoms. The van der Waals surface area contributed by atoms with E-state index >= 15 is 0 Å². The largest absolute Gasteiger partial charge is 0.435 e. The fourth-order valence-corrected chi connectivity index (χ4v) is 2.71. The van der Waals surface area contributed by atoms with Crippen molar-refractivity contribution in [1.29, 1.82) is 0 Å². The monoisotopic (exact) mass is 350 g/mol. The van der Waals surface area contributed by atoms with Gasteiger partial charge in [0, 0.05) is 35.0 Å². The third-order valence-corrected chi connectivity index (χ3v) is 4.13. The number of carbonyl (C=O) groups excluding carboxylic acids is 1. The number of aryl methyl sites for hydroxylation is 3. The molecule has 8 heteroatoms. The summed E-state index contributed by atoms with van der Waals surface area (Å²) in [7, 11) is 1.95. The molecule has 0 saturated heterocycles. The first kappa shape index (κ1) is 17.1. The SMILES string of the molecule is Cc1cc(C(F)(F)F)nn1CC(=O)Nc1ccc2c(c1)cc(C)n2C. The molecule has 0 spiro atoms. The molecule has 1 amide bonds. The van der Waals surface area contributed by atoms with E-state index in [2.05, 4.69) is 10.4 Å². The van der Waals surface area contributed by atoms with Crippen LogP contribution in [0.2, 0.25) is 0 Å². The van der Waals surface area contributed by atoms with Crippen molar-refractivity contribution < 1.29 is 18.0 Å². The van der Waals surface area contributed by atoms with Gasteiger partial charge in [-0.15, -0.1) is 0 Å². The number of benzene rings is 1. The molecule has 0 fully saturated rings. The number of halogens is 3. The number of carbonyl (C=O) groups is 1. The van der Waals surface area contributed by atoms with Crippen LogP contribution < -0.4 is 5.32 Å². The first-order valence-electron chi connectivity index (χ1n) is 7.63. The molecule has 5 nitrogen and oxygen atoms in total. The Bertz CT molecular complexity index is 953. The van der Waals surface area contributed by atoms with Crippen molar-refractivity contribution in [2.24, 2.45) is 7.05 Å². The van der Waals surface area contributed by atoms with Crippen molar-refractivity contribution in [3.63, 3.8) is 0 Å². The van der Waals surface area contributed by atoms with Crippen LogP contribution in [0.25, 0.3) is 10.9 Å². The summed E-state index contributed by atoms with van der Waals surface area (Å²) in [5.74, 6) is -0.438. The molecule has 0 radical (unpaired) electrons. The van der Waals surface area contributed by atoms with E-state index in [1.807, 2.05) is 36.7 Å². The Morgan fingerprint density at radius 1 is 1.16 bits per heavy atom. The summed E-state index contributed by atoms with van der Waals surface area (Å²) in [6.45, 7) is 3.18. The quantitative estimate of drug-likeness (QED) is 0.784. The minimum Gasteiger partial charge on any atom is -0.348 e. The Kier molecular flexibility index (Phi) is 4.06. The van der Waals surface area contributed by atoms with Crippen molar-refractivity contribution in [3.05, 3.63) is 47.4 Å². The maximum atomic E-state index is 12.7. The van der Waals surface area contributed by atoms with Crippen LogP contribution in [-0.2, 0) is 24.6 Å². The molecule has 2 heterocycles. The predicted molar refractivity (Wildman–Crippen MR) is 88.3 cm³/mol. The van der Waals surface area contributed by atoms with Crippen molar-refractivity contribution in [3.8, 4) is 0 Å². The molecule has 0 aliphatic heterocycles. The molecular formula is C17H17F3N4O. The van der Waals surface area contributed by atoms with Crippen LogP contribution in [0, 0.1) is 13.8 Å². The van der Waals surface area contributed by atoms with Crippen molar-refractivity contribution in [2.75, 3.05) is 5.32 Å². The van der Waals surface area contributed by atoms with Gasteiger partial charge >= 0.3 is 6.18 Å². The zero-order valence-corrected chi connectivity index (χ0v) is 14.0. The van der Waals surface area contributed by atoms with Crippen molar-refractivity contribution >= 4 is 22.5 Å². The molecule has 0 aliphatic carbocycles. The number of aromatic nitrogens is 3. The Morgan fingerprint density at radius 3 is 2.52 bits per heavy atom. The smallest absolute Gasteiger partial charge is 0.348 e. The van der Waals surface area contributed by atoms with E-state index < -0.39 is 17.8 Å². The summed E-state index contributed by atoms with van der Waals surface area (Å²) < 4.78 is 41.1. The third kappa shape index (κ3) is 3.38. The molecule has 0 atom stereocenters. The number of hydrogen-bond donors (Lipinski definition) is 1. The van der Waals surface area contributed by atoms with Gasteiger partial charge in [-0.3, -0.25) is 9.48 Å². The lowest BCUT2D eigenvalue weighted by Crippen LogP contribution is -2.20. The third-order valence-electron chi connectivity index (χ3n) is 4.13. The highest BCUT2D eigenvalue weighted by atomic mass is 19.4. The van der Waals surface area contributed by atoms with Crippen LogP contribution in [0.15, 0.2) is 30.3 Å². The number of alkyl halides is 3. The lowest BCUT2D eigenvalue weighted by molar-refractivity contribution is -0.141. The Balaban J connectivity index is 1.76. The van der Waals surface area contributed by atoms with Gasteiger partial charge in [-0.2, -0.15) is 18.3 Å². The van der Waals surface area contributed by atoms with E-state index in [-0.39, 0.29) is 12.2 Å². The highest BCUT2D eigenvalue weighted by Gasteiger charge is 2.34. The Morgan fingerprint density at radius 2 is 1.88 bits per heavy atom. The van der Waals surface area contributed by atoms with Crippen LogP contribution >= 0.6 is 0 Å². The summed E-state index contributed by atoms with van der Waals surface area (Å²) in [6.07, 6.45) is -4.53. The molecule has 1 N–H and O–H groups in total. The zero-order valence-electron chi connectivity index (χ0n) is 14.0. The number of rotatable bonds is 3. The highest BCUT2D eigenvalue weighted by molar-refractivity contribution is 5.94. The lowest BCUT2D eigenvalue weighted by atomic mass is 10.2. The van der Waals surface area contributed by atoms with Crippen LogP contribution in [0.4, 0.5) is 18.9 Å². The second-order valence-electron chi connectivity index (χ2n) is 5.99. The molecule has 0 aliphatic rings. The number of hydrogen-bond acceptors (Lipinski definition) is 2. The zero-order chi connectivity index (χ0) is 18.4. The van der Waals surface area contributed by atoms with E-state index in [4.69, 9.17) is 0 Å². The minimum atomic E-state index is -4.53. The van der Waals surface area contributed by atoms with Gasteiger partial charge in [-0.1, -0.05) is 0 Å². The maximum absolute atomic E-state index is 12.7. The normalized spacial score (nSPS) is 11.9. The van der Waals surface area contributed by atoms with E-state index in [1.54, 1.807) is 6.07 Å².